The molecule has 5 heteroatoms. The Labute approximate surface area is 150 Å². The molecule has 0 saturated carbocycles. The number of nitrogens with one attached hydrogen (secondary N) is 1. The van der Waals surface area contributed by atoms with Gasteiger partial charge in [0.2, 0.25) is 5.91 Å². The van der Waals surface area contributed by atoms with E-state index in [0.29, 0.717) is 19.5 Å². The van der Waals surface area contributed by atoms with E-state index in [-0.39, 0.29) is 17.4 Å². The lowest BCUT2D eigenvalue weighted by Crippen LogP contribution is -2.46. The minimum absolute atomic E-state index is 0.0986. The van der Waals surface area contributed by atoms with Gasteiger partial charge in [0.1, 0.15) is 0 Å². The maximum Gasteiger partial charge on any atom is 0.407 e. The van der Waals surface area contributed by atoms with Crippen LogP contribution in [0.1, 0.15) is 51.2 Å². The summed E-state index contributed by atoms with van der Waals surface area (Å²) in [5.74, 6) is 0.191. The molecule has 1 aromatic carbocycles. The number of carbonyl (C=O) groups is 2. The summed E-state index contributed by atoms with van der Waals surface area (Å²) in [6, 6.07) is 8.66. The van der Waals surface area contributed by atoms with Crippen LogP contribution in [-0.2, 0) is 21.4 Å². The van der Waals surface area contributed by atoms with Gasteiger partial charge in [-0.3, -0.25) is 4.79 Å². The number of benzene rings is 1. The summed E-state index contributed by atoms with van der Waals surface area (Å²) in [6.45, 7) is 7.98. The second-order valence-corrected chi connectivity index (χ2v) is 7.74. The molecule has 2 amide bonds. The Bertz CT molecular complexity index is 582. The highest BCUT2D eigenvalue weighted by molar-refractivity contribution is 5.76. The summed E-state index contributed by atoms with van der Waals surface area (Å²) in [5, 5.41) is 2.80. The molecule has 2 rings (SSSR count). The molecule has 0 bridgehead atoms. The maximum absolute atomic E-state index is 12.4. The van der Waals surface area contributed by atoms with Crippen LogP contribution in [0.25, 0.3) is 0 Å². The molecule has 0 spiro atoms. The van der Waals surface area contributed by atoms with E-state index in [2.05, 4.69) is 55.1 Å². The first-order chi connectivity index (χ1) is 11.8. The molecule has 1 fully saturated rings. The monoisotopic (exact) mass is 346 g/mol. The number of rotatable bonds is 4. The zero-order valence-electron chi connectivity index (χ0n) is 15.8. The van der Waals surface area contributed by atoms with Crippen LogP contribution in [0.3, 0.4) is 0 Å². The smallest absolute Gasteiger partial charge is 0.407 e. The van der Waals surface area contributed by atoms with Crippen molar-refractivity contribution in [1.82, 2.24) is 10.2 Å². The first-order valence-corrected chi connectivity index (χ1v) is 9.01. The molecule has 1 aliphatic rings. The molecule has 0 atom stereocenters. The van der Waals surface area contributed by atoms with Gasteiger partial charge < -0.3 is 15.0 Å². The Balaban J connectivity index is 1.77. The molecule has 0 unspecified atom stereocenters. The number of nitrogens with zero attached hydrogens (tertiary/aromatic N) is 1. The van der Waals surface area contributed by atoms with Crippen LogP contribution in [0.5, 0.6) is 0 Å². The lowest BCUT2D eigenvalue weighted by Gasteiger charge is -2.32. The molecule has 0 aliphatic carbocycles. The second kappa shape index (κ2) is 8.37. The van der Waals surface area contributed by atoms with E-state index in [1.54, 1.807) is 0 Å². The lowest BCUT2D eigenvalue weighted by molar-refractivity contribution is -0.132. The molecule has 1 N–H and O–H groups in total. The van der Waals surface area contributed by atoms with Gasteiger partial charge in [0.25, 0.3) is 0 Å². The second-order valence-electron chi connectivity index (χ2n) is 7.74. The summed E-state index contributed by atoms with van der Waals surface area (Å²) in [5.41, 5.74) is 2.66. The highest BCUT2D eigenvalue weighted by atomic mass is 16.5. The van der Waals surface area contributed by atoms with Crippen LogP contribution >= 0.6 is 0 Å². The van der Waals surface area contributed by atoms with Crippen molar-refractivity contribution < 1.29 is 14.3 Å². The SMILES string of the molecule is COC(=O)NC1CCN(C(=O)CCc2ccc(C(C)(C)C)cc2)CC1. The molecule has 1 saturated heterocycles. The molecule has 1 heterocycles. The van der Waals surface area contributed by atoms with Crippen molar-refractivity contribution in [3.63, 3.8) is 0 Å². The summed E-state index contributed by atoms with van der Waals surface area (Å²) in [4.78, 5) is 25.5. The minimum atomic E-state index is -0.400. The van der Waals surface area contributed by atoms with Gasteiger partial charge >= 0.3 is 6.09 Å². The molecule has 1 aliphatic heterocycles. The quantitative estimate of drug-likeness (QED) is 0.910. The number of aryl methyl sites for hydroxylation is 1. The van der Waals surface area contributed by atoms with E-state index >= 15 is 0 Å². The van der Waals surface area contributed by atoms with Crippen molar-refractivity contribution in [1.29, 1.82) is 0 Å². The van der Waals surface area contributed by atoms with Gasteiger partial charge in [-0.25, -0.2) is 4.79 Å². The normalized spacial score (nSPS) is 15.8. The molecule has 0 radical (unpaired) electrons. The predicted molar refractivity (Wildman–Crippen MR) is 98.6 cm³/mol. The largest absolute Gasteiger partial charge is 0.453 e. The summed E-state index contributed by atoms with van der Waals surface area (Å²) < 4.78 is 4.61. The van der Waals surface area contributed by atoms with Crippen molar-refractivity contribution in [2.45, 2.75) is 57.9 Å². The average Bonchev–Trinajstić information content (AvgIpc) is 2.59. The number of hydrogen-bond donors (Lipinski definition) is 1. The van der Waals surface area contributed by atoms with Crippen LogP contribution < -0.4 is 5.32 Å². The van der Waals surface area contributed by atoms with E-state index < -0.39 is 6.09 Å². The fourth-order valence-electron chi connectivity index (χ4n) is 3.08. The Hall–Kier alpha value is -2.04. The van der Waals surface area contributed by atoms with Crippen LogP contribution in [-0.4, -0.2) is 43.1 Å². The summed E-state index contributed by atoms with van der Waals surface area (Å²) in [7, 11) is 1.36. The van der Waals surface area contributed by atoms with Crippen molar-refractivity contribution in [2.75, 3.05) is 20.2 Å². The van der Waals surface area contributed by atoms with Crippen LogP contribution in [0.15, 0.2) is 24.3 Å². The number of amides is 2. The molecule has 138 valence electrons. The number of alkyl carbamates (subject to hydrolysis) is 1. The fourth-order valence-corrected chi connectivity index (χ4v) is 3.08. The number of methoxy groups -OCH3 is 1. The van der Waals surface area contributed by atoms with Crippen molar-refractivity contribution in [3.8, 4) is 0 Å². The van der Waals surface area contributed by atoms with Gasteiger partial charge in [0.15, 0.2) is 0 Å². The van der Waals surface area contributed by atoms with Gasteiger partial charge in [0, 0.05) is 25.6 Å². The molecule has 5 nitrogen and oxygen atoms in total. The zero-order chi connectivity index (χ0) is 18.4. The number of likely N-dealkylation sites (tertiary alicyclic amines) is 1. The number of hydrogen-bond acceptors (Lipinski definition) is 3. The van der Waals surface area contributed by atoms with Crippen molar-refractivity contribution in [3.05, 3.63) is 35.4 Å². The molecule has 1 aromatic rings. The van der Waals surface area contributed by atoms with E-state index in [4.69, 9.17) is 0 Å². The van der Waals surface area contributed by atoms with E-state index in [1.807, 2.05) is 4.90 Å². The van der Waals surface area contributed by atoms with E-state index in [9.17, 15) is 9.59 Å². The average molecular weight is 346 g/mol. The van der Waals surface area contributed by atoms with E-state index in [0.717, 1.165) is 19.3 Å². The third-order valence-electron chi connectivity index (χ3n) is 4.80. The predicted octanol–water partition coefficient (Wildman–Crippen LogP) is 3.26. The standard InChI is InChI=1S/C20H30N2O3/c1-20(2,3)16-8-5-15(6-9-16)7-10-18(23)22-13-11-17(12-14-22)21-19(24)25-4/h5-6,8-9,17H,7,10-14H2,1-4H3,(H,21,24). The third-order valence-corrected chi connectivity index (χ3v) is 4.80. The maximum atomic E-state index is 12.4. The molecular formula is C20H30N2O3. The van der Waals surface area contributed by atoms with Crippen LogP contribution in [0.4, 0.5) is 4.79 Å². The third kappa shape index (κ3) is 5.76. The minimum Gasteiger partial charge on any atom is -0.453 e. The number of piperidine rings is 1. The van der Waals surface area contributed by atoms with Crippen LogP contribution in [0, 0.1) is 0 Å². The number of carbonyl (C=O) groups excluding carboxylic acids is 2. The summed E-state index contributed by atoms with van der Waals surface area (Å²) >= 11 is 0. The van der Waals surface area contributed by atoms with Gasteiger partial charge in [-0.1, -0.05) is 45.0 Å². The Morgan fingerprint density at radius 3 is 2.28 bits per heavy atom. The fraction of sp³-hybridized carbons (Fsp3) is 0.600. The van der Waals surface area contributed by atoms with Crippen molar-refractivity contribution >= 4 is 12.0 Å². The Morgan fingerprint density at radius 1 is 1.16 bits per heavy atom. The zero-order valence-corrected chi connectivity index (χ0v) is 15.8. The van der Waals surface area contributed by atoms with Gasteiger partial charge in [-0.2, -0.15) is 0 Å². The van der Waals surface area contributed by atoms with Gasteiger partial charge in [-0.15, -0.1) is 0 Å². The first kappa shape index (κ1) is 19.3. The molecule has 0 aromatic heterocycles. The van der Waals surface area contributed by atoms with Gasteiger partial charge in [0.05, 0.1) is 7.11 Å². The van der Waals surface area contributed by atoms with E-state index in [1.165, 1.54) is 18.2 Å². The Morgan fingerprint density at radius 2 is 1.76 bits per heavy atom. The van der Waals surface area contributed by atoms with Crippen LogP contribution in [0.2, 0.25) is 0 Å². The Kier molecular flexibility index (Phi) is 6.45. The highest BCUT2D eigenvalue weighted by Gasteiger charge is 2.23. The molecular weight excluding hydrogens is 316 g/mol. The summed E-state index contributed by atoms with van der Waals surface area (Å²) in [6.07, 6.45) is 2.46. The molecule has 25 heavy (non-hydrogen) atoms. The highest BCUT2D eigenvalue weighted by Crippen LogP contribution is 2.22. The van der Waals surface area contributed by atoms with Crippen molar-refractivity contribution in [2.24, 2.45) is 0 Å². The lowest BCUT2D eigenvalue weighted by atomic mass is 9.86. The topological polar surface area (TPSA) is 58.6 Å². The number of ether oxygens (including phenoxy) is 1. The first-order valence-electron chi connectivity index (χ1n) is 9.01. The van der Waals surface area contributed by atoms with Gasteiger partial charge in [-0.05, 0) is 35.8 Å².